The van der Waals surface area contributed by atoms with Crippen LogP contribution in [0, 0.1) is 0 Å². The molecule has 16 heavy (non-hydrogen) atoms. The van der Waals surface area contributed by atoms with E-state index in [0.717, 1.165) is 18.5 Å². The molecule has 1 fully saturated rings. The first-order valence-electron chi connectivity index (χ1n) is 4.64. The van der Waals surface area contributed by atoms with Crippen LogP contribution in [-0.2, 0) is 0 Å². The largest absolute Gasteiger partial charge is 0.446 e. The topological polar surface area (TPSA) is 12.0 Å². The van der Waals surface area contributed by atoms with Crippen molar-refractivity contribution in [1.29, 1.82) is 0 Å². The van der Waals surface area contributed by atoms with Gasteiger partial charge in [0.2, 0.25) is 0 Å². The Morgan fingerprint density at radius 3 is 2.12 bits per heavy atom. The zero-order valence-corrected chi connectivity index (χ0v) is 9.88. The monoisotopic (exact) mass is 269 g/mol. The molecule has 1 aromatic carbocycles. The Labute approximate surface area is 102 Å². The lowest BCUT2D eigenvalue weighted by Gasteiger charge is -2.28. The average Bonchev–Trinajstić information content (AvgIpc) is 2.02. The lowest BCUT2D eigenvalue weighted by atomic mass is 9.98. The summed E-state index contributed by atoms with van der Waals surface area (Å²) in [7, 11) is 0. The molecule has 1 atom stereocenters. The van der Waals surface area contributed by atoms with Gasteiger partial charge in [-0.05, 0) is 42.4 Å². The highest BCUT2D eigenvalue weighted by molar-refractivity contribution is 8.00. The van der Waals surface area contributed by atoms with Crippen LogP contribution in [-0.4, -0.2) is 12.1 Å². The van der Waals surface area contributed by atoms with Gasteiger partial charge in [0.05, 0.1) is 0 Å². The molecule has 90 valence electrons. The minimum atomic E-state index is -4.20. The van der Waals surface area contributed by atoms with Crippen LogP contribution in [0.15, 0.2) is 29.2 Å². The van der Waals surface area contributed by atoms with E-state index in [2.05, 4.69) is 5.32 Å². The van der Waals surface area contributed by atoms with E-state index in [4.69, 9.17) is 0 Å². The third-order valence-electron chi connectivity index (χ3n) is 2.34. The predicted molar refractivity (Wildman–Crippen MR) is 61.0 cm³/mol. The van der Waals surface area contributed by atoms with Gasteiger partial charge in [0.25, 0.3) is 0 Å². The highest BCUT2D eigenvalue weighted by Gasteiger charge is 2.29. The normalized spacial score (nSPS) is 19.8. The third kappa shape index (κ3) is 3.57. The standard InChI is InChI=1S/C10H10F3NS.ClH/c11-10(12,13)15-8-3-1-7(2-4-8)9-5-6-14-9;/h1-4,9,14H,5-6H2;1H. The molecule has 1 N–H and O–H groups in total. The summed E-state index contributed by atoms with van der Waals surface area (Å²) in [6, 6.07) is 6.88. The fourth-order valence-corrected chi connectivity index (χ4v) is 2.01. The first kappa shape index (κ1) is 13.7. The van der Waals surface area contributed by atoms with Crippen molar-refractivity contribution in [3.63, 3.8) is 0 Å². The summed E-state index contributed by atoms with van der Waals surface area (Å²) in [5.74, 6) is 0. The lowest BCUT2D eigenvalue weighted by molar-refractivity contribution is -0.0328. The molecule has 6 heteroatoms. The maximum Gasteiger partial charge on any atom is 0.446 e. The molecule has 1 saturated heterocycles. The molecule has 0 radical (unpaired) electrons. The predicted octanol–water partition coefficient (Wildman–Crippen LogP) is 3.75. The van der Waals surface area contributed by atoms with Crippen LogP contribution in [0.4, 0.5) is 13.2 Å². The molecule has 1 heterocycles. The fourth-order valence-electron chi connectivity index (χ4n) is 1.48. The average molecular weight is 270 g/mol. The molecule has 1 aliphatic heterocycles. The Morgan fingerprint density at radius 1 is 1.19 bits per heavy atom. The number of benzene rings is 1. The summed E-state index contributed by atoms with van der Waals surface area (Å²) in [5, 5.41) is 3.20. The first-order valence-corrected chi connectivity index (χ1v) is 5.45. The van der Waals surface area contributed by atoms with Gasteiger partial charge in [-0.15, -0.1) is 12.4 Å². The smallest absolute Gasteiger partial charge is 0.310 e. The number of hydrogen-bond donors (Lipinski definition) is 1. The Kier molecular flexibility index (Phi) is 4.52. The molecule has 1 unspecified atom stereocenters. The minimum Gasteiger partial charge on any atom is -0.310 e. The summed E-state index contributed by atoms with van der Waals surface area (Å²) in [6.45, 7) is 0.990. The van der Waals surface area contributed by atoms with E-state index >= 15 is 0 Å². The van der Waals surface area contributed by atoms with E-state index in [1.54, 1.807) is 12.1 Å². The van der Waals surface area contributed by atoms with E-state index in [1.807, 2.05) is 0 Å². The molecule has 0 spiro atoms. The van der Waals surface area contributed by atoms with Crippen LogP contribution in [0.1, 0.15) is 18.0 Å². The van der Waals surface area contributed by atoms with Gasteiger partial charge in [0, 0.05) is 10.9 Å². The van der Waals surface area contributed by atoms with E-state index < -0.39 is 5.51 Å². The molecular formula is C10H11ClF3NS. The summed E-state index contributed by atoms with van der Waals surface area (Å²) < 4.78 is 36.1. The van der Waals surface area contributed by atoms with E-state index in [-0.39, 0.29) is 29.1 Å². The second-order valence-corrected chi connectivity index (χ2v) is 4.55. The van der Waals surface area contributed by atoms with Crippen LogP contribution in [0.5, 0.6) is 0 Å². The van der Waals surface area contributed by atoms with Gasteiger partial charge in [0.15, 0.2) is 0 Å². The van der Waals surface area contributed by atoms with Gasteiger partial charge in [-0.25, -0.2) is 0 Å². The van der Waals surface area contributed by atoms with E-state index in [1.165, 1.54) is 12.1 Å². The van der Waals surface area contributed by atoms with Crippen molar-refractivity contribution >= 4 is 24.2 Å². The van der Waals surface area contributed by atoms with Crippen molar-refractivity contribution in [1.82, 2.24) is 5.32 Å². The van der Waals surface area contributed by atoms with Crippen molar-refractivity contribution in [3.05, 3.63) is 29.8 Å². The zero-order chi connectivity index (χ0) is 10.9. The number of nitrogens with one attached hydrogen (secondary N) is 1. The lowest BCUT2D eigenvalue weighted by Crippen LogP contribution is -2.34. The highest BCUT2D eigenvalue weighted by Crippen LogP contribution is 2.37. The third-order valence-corrected chi connectivity index (χ3v) is 3.08. The van der Waals surface area contributed by atoms with E-state index in [0.29, 0.717) is 6.04 Å². The molecule has 0 aromatic heterocycles. The van der Waals surface area contributed by atoms with Crippen LogP contribution in [0.3, 0.4) is 0 Å². The number of halogens is 4. The van der Waals surface area contributed by atoms with Gasteiger partial charge < -0.3 is 5.32 Å². The SMILES string of the molecule is Cl.FC(F)(F)Sc1ccc(C2CCN2)cc1. The Hall–Kier alpha value is -0.390. The van der Waals surface area contributed by atoms with Crippen LogP contribution >= 0.6 is 24.2 Å². The van der Waals surface area contributed by atoms with Gasteiger partial charge in [0.1, 0.15) is 0 Å². The maximum absolute atomic E-state index is 12.0. The molecule has 0 saturated carbocycles. The summed E-state index contributed by atoms with van der Waals surface area (Å²) in [5.41, 5.74) is -3.14. The number of rotatable bonds is 2. The zero-order valence-electron chi connectivity index (χ0n) is 8.25. The number of alkyl halides is 3. The molecule has 0 bridgehead atoms. The van der Waals surface area contributed by atoms with Crippen molar-refractivity contribution in [2.75, 3.05) is 6.54 Å². The van der Waals surface area contributed by atoms with Gasteiger partial charge >= 0.3 is 5.51 Å². The second-order valence-electron chi connectivity index (χ2n) is 3.41. The second kappa shape index (κ2) is 5.29. The molecule has 1 aromatic rings. The highest BCUT2D eigenvalue weighted by atomic mass is 35.5. The first-order chi connectivity index (χ1) is 7.04. The quantitative estimate of drug-likeness (QED) is 0.821. The molecular weight excluding hydrogens is 259 g/mol. The molecule has 0 amide bonds. The molecule has 1 aliphatic rings. The number of thioether (sulfide) groups is 1. The summed E-state index contributed by atoms with van der Waals surface area (Å²) in [4.78, 5) is 0.241. The Morgan fingerprint density at radius 2 is 1.75 bits per heavy atom. The van der Waals surface area contributed by atoms with E-state index in [9.17, 15) is 13.2 Å². The summed E-state index contributed by atoms with van der Waals surface area (Å²) >= 11 is -0.0736. The van der Waals surface area contributed by atoms with Gasteiger partial charge in [-0.1, -0.05) is 12.1 Å². The van der Waals surface area contributed by atoms with Gasteiger partial charge in [-0.3, -0.25) is 0 Å². The van der Waals surface area contributed by atoms with Crippen LogP contribution in [0.2, 0.25) is 0 Å². The van der Waals surface area contributed by atoms with Crippen molar-refractivity contribution in [3.8, 4) is 0 Å². The molecule has 1 nitrogen and oxygen atoms in total. The Bertz CT molecular complexity index is 335. The minimum absolute atomic E-state index is 0. The van der Waals surface area contributed by atoms with Crippen molar-refractivity contribution < 1.29 is 13.2 Å². The van der Waals surface area contributed by atoms with Crippen LogP contribution < -0.4 is 5.32 Å². The van der Waals surface area contributed by atoms with Crippen molar-refractivity contribution in [2.45, 2.75) is 22.9 Å². The van der Waals surface area contributed by atoms with Gasteiger partial charge in [-0.2, -0.15) is 13.2 Å². The molecule has 0 aliphatic carbocycles. The van der Waals surface area contributed by atoms with Crippen LogP contribution in [0.25, 0.3) is 0 Å². The summed E-state index contributed by atoms with van der Waals surface area (Å²) in [6.07, 6.45) is 1.06. The maximum atomic E-state index is 12.0. The van der Waals surface area contributed by atoms with Crippen molar-refractivity contribution in [2.24, 2.45) is 0 Å². The molecule has 2 rings (SSSR count). The fraction of sp³-hybridized carbons (Fsp3) is 0.400. The number of hydrogen-bond acceptors (Lipinski definition) is 2. The Balaban J connectivity index is 0.00000128.